The van der Waals surface area contributed by atoms with Crippen LogP contribution in [-0.4, -0.2) is 10.9 Å². The minimum atomic E-state index is -0.833. The van der Waals surface area contributed by atoms with Gasteiger partial charge in [0.1, 0.15) is 11.1 Å². The Morgan fingerprint density at radius 1 is 1.38 bits per heavy atom. The van der Waals surface area contributed by atoms with Crippen LogP contribution in [0, 0.1) is 17.2 Å². The second-order valence-corrected chi connectivity index (χ2v) is 6.13. The van der Waals surface area contributed by atoms with Crippen LogP contribution in [0.4, 0.5) is 5.69 Å². The third kappa shape index (κ3) is 1.43. The number of rotatable bonds is 0. The number of nitrogens with one attached hydrogen (secondary N) is 2. The van der Waals surface area contributed by atoms with Gasteiger partial charge in [-0.25, -0.2) is 0 Å². The molecular formula is C16H13N3OS. The molecule has 2 heterocycles. The van der Waals surface area contributed by atoms with E-state index in [4.69, 9.17) is 12.2 Å². The number of benzene rings is 1. The maximum Gasteiger partial charge on any atom is 0.255 e. The highest BCUT2D eigenvalue weighted by molar-refractivity contribution is 7.80. The smallest absolute Gasteiger partial charge is 0.255 e. The Hall–Kier alpha value is -2.19. The van der Waals surface area contributed by atoms with Gasteiger partial charge in [-0.3, -0.25) is 4.79 Å². The number of amides is 1. The van der Waals surface area contributed by atoms with Crippen LogP contribution < -0.4 is 10.6 Å². The SMILES string of the molecule is N#CC1=C2CCC[C@@H]2[C@@]2(NC1=S)C(=O)Nc1ccccc12. The fraction of sp³-hybridized carbons (Fsp3) is 0.312. The lowest BCUT2D eigenvalue weighted by molar-refractivity contribution is -0.123. The topological polar surface area (TPSA) is 64.9 Å². The van der Waals surface area contributed by atoms with Crippen molar-refractivity contribution in [3.63, 3.8) is 0 Å². The van der Waals surface area contributed by atoms with Crippen LogP contribution in [-0.2, 0) is 10.3 Å². The zero-order valence-electron chi connectivity index (χ0n) is 11.3. The number of para-hydroxylation sites is 1. The number of anilines is 1. The Balaban J connectivity index is 1.98. The summed E-state index contributed by atoms with van der Waals surface area (Å²) in [4.78, 5) is 13.2. The molecule has 2 atom stereocenters. The minimum Gasteiger partial charge on any atom is -0.357 e. The molecule has 1 spiro atoms. The van der Waals surface area contributed by atoms with E-state index in [1.807, 2.05) is 24.3 Å². The van der Waals surface area contributed by atoms with E-state index in [0.29, 0.717) is 10.6 Å². The molecule has 1 saturated carbocycles. The first-order valence-electron chi connectivity index (χ1n) is 7.05. The Morgan fingerprint density at radius 3 is 3.00 bits per heavy atom. The van der Waals surface area contributed by atoms with Gasteiger partial charge in [-0.15, -0.1) is 0 Å². The summed E-state index contributed by atoms with van der Waals surface area (Å²) in [6.45, 7) is 0. The van der Waals surface area contributed by atoms with E-state index >= 15 is 0 Å². The molecule has 104 valence electrons. The summed E-state index contributed by atoms with van der Waals surface area (Å²) >= 11 is 5.37. The highest BCUT2D eigenvalue weighted by Crippen LogP contribution is 2.52. The van der Waals surface area contributed by atoms with Crippen LogP contribution in [0.15, 0.2) is 35.4 Å². The number of nitriles is 1. The van der Waals surface area contributed by atoms with Crippen molar-refractivity contribution >= 4 is 28.8 Å². The third-order valence-electron chi connectivity index (χ3n) is 4.81. The summed E-state index contributed by atoms with van der Waals surface area (Å²) in [6, 6.07) is 9.93. The normalized spacial score (nSPS) is 29.8. The van der Waals surface area contributed by atoms with Gasteiger partial charge < -0.3 is 10.6 Å². The monoisotopic (exact) mass is 295 g/mol. The molecule has 1 fully saturated rings. The molecule has 0 bridgehead atoms. The summed E-state index contributed by atoms with van der Waals surface area (Å²) < 4.78 is 0. The molecular weight excluding hydrogens is 282 g/mol. The summed E-state index contributed by atoms with van der Waals surface area (Å²) in [6.07, 6.45) is 2.75. The third-order valence-corrected chi connectivity index (χ3v) is 5.12. The molecule has 3 aliphatic rings. The van der Waals surface area contributed by atoms with Crippen molar-refractivity contribution < 1.29 is 4.79 Å². The molecule has 0 saturated heterocycles. The Kier molecular flexibility index (Phi) is 2.48. The molecule has 1 aliphatic carbocycles. The van der Waals surface area contributed by atoms with Gasteiger partial charge in [0.2, 0.25) is 0 Å². The first kappa shape index (κ1) is 12.5. The van der Waals surface area contributed by atoms with Gasteiger partial charge in [0.05, 0.1) is 5.57 Å². The van der Waals surface area contributed by atoms with Crippen molar-refractivity contribution in [2.24, 2.45) is 5.92 Å². The van der Waals surface area contributed by atoms with Crippen molar-refractivity contribution in [3.8, 4) is 6.07 Å². The molecule has 0 radical (unpaired) electrons. The number of thiocarbonyl (C=S) groups is 1. The number of hydrogen-bond acceptors (Lipinski definition) is 3. The van der Waals surface area contributed by atoms with E-state index < -0.39 is 5.54 Å². The van der Waals surface area contributed by atoms with Crippen LogP contribution in [0.2, 0.25) is 0 Å². The molecule has 1 aromatic carbocycles. The molecule has 0 aromatic heterocycles. The van der Waals surface area contributed by atoms with Gasteiger partial charge in [-0.1, -0.05) is 30.4 Å². The lowest BCUT2D eigenvalue weighted by Gasteiger charge is -2.40. The van der Waals surface area contributed by atoms with Gasteiger partial charge in [-0.2, -0.15) is 5.26 Å². The van der Waals surface area contributed by atoms with E-state index in [1.54, 1.807) is 0 Å². The molecule has 21 heavy (non-hydrogen) atoms. The second-order valence-electron chi connectivity index (χ2n) is 5.72. The zero-order valence-corrected chi connectivity index (χ0v) is 12.1. The molecule has 4 nitrogen and oxygen atoms in total. The molecule has 4 rings (SSSR count). The largest absolute Gasteiger partial charge is 0.357 e. The minimum absolute atomic E-state index is 0.0162. The van der Waals surface area contributed by atoms with E-state index in [9.17, 15) is 10.1 Å². The molecule has 0 unspecified atom stereocenters. The second kappa shape index (κ2) is 4.15. The summed E-state index contributed by atoms with van der Waals surface area (Å²) in [5.74, 6) is -0.0464. The van der Waals surface area contributed by atoms with Crippen molar-refractivity contribution in [1.82, 2.24) is 5.32 Å². The number of carbonyl (C=O) groups excluding carboxylic acids is 1. The quantitative estimate of drug-likeness (QED) is 0.721. The average Bonchev–Trinajstić information content (AvgIpc) is 3.05. The highest BCUT2D eigenvalue weighted by atomic mass is 32.1. The van der Waals surface area contributed by atoms with Crippen LogP contribution >= 0.6 is 12.2 Å². The van der Waals surface area contributed by atoms with E-state index in [1.165, 1.54) is 0 Å². The molecule has 1 amide bonds. The van der Waals surface area contributed by atoms with Gasteiger partial charge in [-0.05, 0) is 30.9 Å². The highest BCUT2D eigenvalue weighted by Gasteiger charge is 2.57. The van der Waals surface area contributed by atoms with Crippen molar-refractivity contribution in [3.05, 3.63) is 41.0 Å². The van der Waals surface area contributed by atoms with E-state index in [0.717, 1.165) is 36.1 Å². The van der Waals surface area contributed by atoms with Crippen LogP contribution in [0.3, 0.4) is 0 Å². The first-order chi connectivity index (χ1) is 10.2. The lowest BCUT2D eigenvalue weighted by atomic mass is 9.72. The van der Waals surface area contributed by atoms with Crippen LogP contribution in [0.5, 0.6) is 0 Å². The van der Waals surface area contributed by atoms with Crippen LogP contribution in [0.25, 0.3) is 0 Å². The summed E-state index contributed by atoms with van der Waals surface area (Å²) in [5, 5.41) is 15.5. The van der Waals surface area contributed by atoms with Gasteiger partial charge in [0.15, 0.2) is 5.54 Å². The Morgan fingerprint density at radius 2 is 2.19 bits per heavy atom. The summed E-state index contributed by atoms with van der Waals surface area (Å²) in [5.41, 5.74) is 2.56. The first-order valence-corrected chi connectivity index (χ1v) is 7.46. The fourth-order valence-corrected chi connectivity index (χ4v) is 4.31. The molecule has 2 aliphatic heterocycles. The Bertz CT molecular complexity index is 761. The van der Waals surface area contributed by atoms with Crippen LogP contribution in [0.1, 0.15) is 24.8 Å². The number of carbonyl (C=O) groups is 1. The number of fused-ring (bicyclic) bond motifs is 4. The summed E-state index contributed by atoms with van der Waals surface area (Å²) in [7, 11) is 0. The van der Waals surface area contributed by atoms with Gasteiger partial charge in [0, 0.05) is 17.2 Å². The van der Waals surface area contributed by atoms with E-state index in [2.05, 4.69) is 16.7 Å². The molecule has 5 heteroatoms. The van der Waals surface area contributed by atoms with Gasteiger partial charge >= 0.3 is 0 Å². The standard InChI is InChI=1S/C16H13N3OS/c17-8-10-9-4-3-6-11(9)16(19-14(10)21)12-5-1-2-7-13(12)18-15(16)20/h1-2,5,7,11H,3-4,6H2,(H,18,20)(H,19,21)/t11-,16-/m0/s1. The van der Waals surface area contributed by atoms with Crippen molar-refractivity contribution in [2.75, 3.05) is 5.32 Å². The lowest BCUT2D eigenvalue weighted by Crippen LogP contribution is -2.58. The zero-order chi connectivity index (χ0) is 14.6. The molecule has 1 aromatic rings. The van der Waals surface area contributed by atoms with E-state index in [-0.39, 0.29) is 11.8 Å². The average molecular weight is 295 g/mol. The maximum absolute atomic E-state index is 12.8. The predicted octanol–water partition coefficient (Wildman–Crippen LogP) is 2.38. The van der Waals surface area contributed by atoms with Gasteiger partial charge in [0.25, 0.3) is 5.91 Å². The van der Waals surface area contributed by atoms with Crippen molar-refractivity contribution in [2.45, 2.75) is 24.8 Å². The predicted molar refractivity (Wildman–Crippen MR) is 82.5 cm³/mol. The maximum atomic E-state index is 12.8. The Labute approximate surface area is 127 Å². The number of hydrogen-bond donors (Lipinski definition) is 2. The number of nitrogens with zero attached hydrogens (tertiary/aromatic N) is 1. The molecule has 2 N–H and O–H groups in total. The van der Waals surface area contributed by atoms with Crippen molar-refractivity contribution in [1.29, 1.82) is 5.26 Å². The fourth-order valence-electron chi connectivity index (χ4n) is 3.97.